The average Bonchev–Trinajstić information content (AvgIpc) is 3.15. The van der Waals surface area contributed by atoms with Crippen LogP contribution >= 0.6 is 0 Å². The third-order valence-electron chi connectivity index (χ3n) is 4.34. The summed E-state index contributed by atoms with van der Waals surface area (Å²) in [6.07, 6.45) is 2.94. The summed E-state index contributed by atoms with van der Waals surface area (Å²) >= 11 is 0. The lowest BCUT2D eigenvalue weighted by atomic mass is 9.99. The predicted octanol–water partition coefficient (Wildman–Crippen LogP) is 4.43. The molecule has 0 amide bonds. The van der Waals surface area contributed by atoms with Crippen molar-refractivity contribution in [3.8, 4) is 28.1 Å². The second-order valence-corrected chi connectivity index (χ2v) is 5.91. The summed E-state index contributed by atoms with van der Waals surface area (Å²) in [4.78, 5) is 0. The van der Waals surface area contributed by atoms with Crippen LogP contribution in [0, 0.1) is 0 Å². The Labute approximate surface area is 149 Å². The van der Waals surface area contributed by atoms with Gasteiger partial charge in [-0.25, -0.2) is 0 Å². The van der Waals surface area contributed by atoms with Crippen LogP contribution in [0.1, 0.15) is 12.5 Å². The highest BCUT2D eigenvalue weighted by Crippen LogP contribution is 2.28. The first-order valence-corrected chi connectivity index (χ1v) is 8.55. The number of hydrogen-bond acceptors (Lipinski definition) is 3. The molecule has 0 N–H and O–H groups in total. The van der Waals surface area contributed by atoms with E-state index in [0.29, 0.717) is 6.61 Å². The zero-order valence-corrected chi connectivity index (χ0v) is 15.0. The Morgan fingerprint density at radius 3 is 2.32 bits per heavy atom. The Balaban J connectivity index is 1.81. The Hall–Kier alpha value is -2.59. The van der Waals surface area contributed by atoms with Crippen molar-refractivity contribution in [3.05, 3.63) is 60.3 Å². The zero-order valence-electron chi connectivity index (χ0n) is 15.0. The van der Waals surface area contributed by atoms with Crippen molar-refractivity contribution in [2.24, 2.45) is 0 Å². The topological polar surface area (TPSA) is 36.3 Å². The Morgan fingerprint density at radius 1 is 0.920 bits per heavy atom. The summed E-state index contributed by atoms with van der Waals surface area (Å²) in [6.45, 7) is 3.57. The highest BCUT2D eigenvalue weighted by molar-refractivity contribution is 5.70. The van der Waals surface area contributed by atoms with Crippen molar-refractivity contribution >= 4 is 0 Å². The molecule has 2 aromatic carbocycles. The Kier molecular flexibility index (Phi) is 5.51. The van der Waals surface area contributed by atoms with Gasteiger partial charge in [-0.1, -0.05) is 37.3 Å². The molecule has 0 spiro atoms. The van der Waals surface area contributed by atoms with Gasteiger partial charge in [-0.15, -0.1) is 0 Å². The minimum atomic E-state index is 0.664. The van der Waals surface area contributed by atoms with Crippen LogP contribution in [0.15, 0.2) is 54.7 Å². The first kappa shape index (κ1) is 17.2. The standard InChI is InChI=1S/C21H24N2O2/c1-4-16-15-19(9-10-21(16)25-3)17-5-7-18(8-6-17)20-11-12-23(22-20)13-14-24-2/h5-12,15H,4,13-14H2,1-3H3. The van der Waals surface area contributed by atoms with Gasteiger partial charge in [0.05, 0.1) is 26.0 Å². The second kappa shape index (κ2) is 7.99. The number of aryl methyl sites for hydroxylation is 1. The molecule has 0 saturated heterocycles. The maximum atomic E-state index is 5.41. The zero-order chi connectivity index (χ0) is 17.6. The van der Waals surface area contributed by atoms with Gasteiger partial charge >= 0.3 is 0 Å². The van der Waals surface area contributed by atoms with Crippen molar-refractivity contribution in [1.29, 1.82) is 0 Å². The number of hydrogen-bond donors (Lipinski definition) is 0. The lowest BCUT2D eigenvalue weighted by Gasteiger charge is -2.10. The van der Waals surface area contributed by atoms with E-state index in [0.717, 1.165) is 30.0 Å². The quantitative estimate of drug-likeness (QED) is 0.640. The van der Waals surface area contributed by atoms with E-state index < -0.39 is 0 Å². The molecular weight excluding hydrogens is 312 g/mol. The molecule has 3 rings (SSSR count). The van der Waals surface area contributed by atoms with Crippen LogP contribution in [0.3, 0.4) is 0 Å². The summed E-state index contributed by atoms with van der Waals surface area (Å²) < 4.78 is 12.4. The molecule has 1 heterocycles. The molecule has 0 unspecified atom stereocenters. The molecule has 3 aromatic rings. The van der Waals surface area contributed by atoms with Gasteiger partial charge in [0.2, 0.25) is 0 Å². The fourth-order valence-electron chi connectivity index (χ4n) is 2.89. The van der Waals surface area contributed by atoms with E-state index in [4.69, 9.17) is 9.47 Å². The number of nitrogens with zero attached hydrogens (tertiary/aromatic N) is 2. The van der Waals surface area contributed by atoms with Crippen LogP contribution in [-0.4, -0.2) is 30.6 Å². The second-order valence-electron chi connectivity index (χ2n) is 5.91. The smallest absolute Gasteiger partial charge is 0.122 e. The van der Waals surface area contributed by atoms with Crippen LogP contribution in [-0.2, 0) is 17.7 Å². The van der Waals surface area contributed by atoms with Gasteiger partial charge in [0.25, 0.3) is 0 Å². The summed E-state index contributed by atoms with van der Waals surface area (Å²) in [6, 6.07) is 16.9. The third-order valence-corrected chi connectivity index (χ3v) is 4.34. The first-order valence-electron chi connectivity index (χ1n) is 8.55. The van der Waals surface area contributed by atoms with E-state index in [-0.39, 0.29) is 0 Å². The van der Waals surface area contributed by atoms with Crippen molar-refractivity contribution in [1.82, 2.24) is 9.78 Å². The fraction of sp³-hybridized carbons (Fsp3) is 0.286. The highest BCUT2D eigenvalue weighted by Gasteiger charge is 2.06. The maximum absolute atomic E-state index is 5.41. The van der Waals surface area contributed by atoms with Gasteiger partial charge < -0.3 is 9.47 Å². The SMILES string of the molecule is CCc1cc(-c2ccc(-c3ccn(CCOC)n3)cc2)ccc1OC. The fourth-order valence-corrected chi connectivity index (χ4v) is 2.89. The molecular formula is C21H24N2O2. The molecule has 130 valence electrons. The minimum Gasteiger partial charge on any atom is -0.496 e. The van der Waals surface area contributed by atoms with Gasteiger partial charge in [-0.2, -0.15) is 5.10 Å². The molecule has 0 saturated carbocycles. The highest BCUT2D eigenvalue weighted by atomic mass is 16.5. The molecule has 0 aliphatic carbocycles. The summed E-state index contributed by atoms with van der Waals surface area (Å²) in [7, 11) is 3.42. The normalized spacial score (nSPS) is 10.8. The molecule has 4 heteroatoms. The number of aromatic nitrogens is 2. The monoisotopic (exact) mass is 336 g/mol. The molecule has 4 nitrogen and oxygen atoms in total. The van der Waals surface area contributed by atoms with Gasteiger partial charge in [-0.3, -0.25) is 4.68 Å². The third kappa shape index (κ3) is 3.91. The molecule has 0 bridgehead atoms. The molecule has 0 aliphatic heterocycles. The minimum absolute atomic E-state index is 0.664. The van der Waals surface area contributed by atoms with Crippen LogP contribution in [0.25, 0.3) is 22.4 Å². The average molecular weight is 336 g/mol. The van der Waals surface area contributed by atoms with Gasteiger partial charge in [0.15, 0.2) is 0 Å². The number of benzene rings is 2. The van der Waals surface area contributed by atoms with Crippen LogP contribution in [0.4, 0.5) is 0 Å². The van der Waals surface area contributed by atoms with Crippen LogP contribution < -0.4 is 4.74 Å². The summed E-state index contributed by atoms with van der Waals surface area (Å²) in [5, 5.41) is 4.59. The van der Waals surface area contributed by atoms with Gasteiger partial charge in [0.1, 0.15) is 5.75 Å². The predicted molar refractivity (Wildman–Crippen MR) is 101 cm³/mol. The Morgan fingerprint density at radius 2 is 1.64 bits per heavy atom. The molecule has 0 atom stereocenters. The van der Waals surface area contributed by atoms with E-state index >= 15 is 0 Å². The van der Waals surface area contributed by atoms with Crippen molar-refractivity contribution in [2.45, 2.75) is 19.9 Å². The maximum Gasteiger partial charge on any atom is 0.122 e. The number of methoxy groups -OCH3 is 2. The van der Waals surface area contributed by atoms with E-state index in [9.17, 15) is 0 Å². The van der Waals surface area contributed by atoms with Crippen molar-refractivity contribution < 1.29 is 9.47 Å². The summed E-state index contributed by atoms with van der Waals surface area (Å²) in [5.41, 5.74) is 5.71. The lowest BCUT2D eigenvalue weighted by Crippen LogP contribution is -2.04. The van der Waals surface area contributed by atoms with E-state index in [1.165, 1.54) is 16.7 Å². The Bertz CT molecular complexity index is 822. The lowest BCUT2D eigenvalue weighted by molar-refractivity contribution is 0.183. The molecule has 1 aromatic heterocycles. The van der Waals surface area contributed by atoms with Crippen molar-refractivity contribution in [3.63, 3.8) is 0 Å². The first-order chi connectivity index (χ1) is 12.2. The molecule has 0 fully saturated rings. The van der Waals surface area contributed by atoms with Crippen molar-refractivity contribution in [2.75, 3.05) is 20.8 Å². The molecule has 0 radical (unpaired) electrons. The van der Waals surface area contributed by atoms with E-state index in [1.54, 1.807) is 14.2 Å². The van der Waals surface area contributed by atoms with E-state index in [1.807, 2.05) is 23.0 Å². The van der Waals surface area contributed by atoms with Crippen LogP contribution in [0.2, 0.25) is 0 Å². The molecule has 0 aliphatic rings. The van der Waals surface area contributed by atoms with Gasteiger partial charge in [-0.05, 0) is 41.3 Å². The number of rotatable bonds is 7. The summed E-state index contributed by atoms with van der Waals surface area (Å²) in [5.74, 6) is 0.949. The van der Waals surface area contributed by atoms with E-state index in [2.05, 4.69) is 48.4 Å². The number of ether oxygens (including phenoxy) is 2. The largest absolute Gasteiger partial charge is 0.496 e. The van der Waals surface area contributed by atoms with Crippen LogP contribution in [0.5, 0.6) is 5.75 Å². The van der Waals surface area contributed by atoms with Gasteiger partial charge in [0, 0.05) is 18.9 Å². The molecule has 25 heavy (non-hydrogen) atoms.